The Kier molecular flexibility index (Phi) is 8.34. The molecule has 8 rings (SSSR count). The van der Waals surface area contributed by atoms with E-state index >= 15 is 0 Å². The van der Waals surface area contributed by atoms with Crippen LogP contribution in [-0.2, 0) is 0 Å². The van der Waals surface area contributed by atoms with Gasteiger partial charge in [0, 0.05) is 23.1 Å². The summed E-state index contributed by atoms with van der Waals surface area (Å²) in [6.07, 6.45) is 2.00. The molecule has 0 fully saturated rings. The molecule has 0 aliphatic heterocycles. The summed E-state index contributed by atoms with van der Waals surface area (Å²) in [4.78, 5) is 7.34. The monoisotopic (exact) mass is 626 g/mol. The molecule has 2 heteroatoms. The Balaban J connectivity index is 1.19. The van der Waals surface area contributed by atoms with Crippen LogP contribution in [0, 0.1) is 0 Å². The minimum absolute atomic E-state index is 0.853. The Morgan fingerprint density at radius 3 is 1.12 bits per heavy atom. The molecule has 0 saturated heterocycles. The van der Waals surface area contributed by atoms with Crippen LogP contribution in [0.4, 0.5) is 17.2 Å². The smallest absolute Gasteiger partial charge is 0.137 e. The maximum Gasteiger partial charge on any atom is 0.137 e. The highest BCUT2D eigenvalue weighted by Crippen LogP contribution is 2.39. The van der Waals surface area contributed by atoms with Crippen LogP contribution in [0.15, 0.2) is 206 Å². The molecule has 0 amide bonds. The lowest BCUT2D eigenvalue weighted by molar-refractivity contribution is 1.18. The van der Waals surface area contributed by atoms with E-state index in [0.29, 0.717) is 0 Å². The van der Waals surface area contributed by atoms with Gasteiger partial charge < -0.3 is 0 Å². The van der Waals surface area contributed by atoms with Gasteiger partial charge in [-0.15, -0.1) is 0 Å². The summed E-state index contributed by atoms with van der Waals surface area (Å²) in [7, 11) is 0. The Morgan fingerprint density at radius 1 is 0.286 bits per heavy atom. The van der Waals surface area contributed by atoms with Gasteiger partial charge in [0.25, 0.3) is 0 Å². The fourth-order valence-electron chi connectivity index (χ4n) is 6.42. The van der Waals surface area contributed by atoms with Crippen LogP contribution in [0.3, 0.4) is 0 Å². The predicted molar refractivity (Wildman–Crippen MR) is 206 cm³/mol. The molecule has 8 aromatic rings. The lowest BCUT2D eigenvalue weighted by Gasteiger charge is -2.25. The molecule has 0 radical (unpaired) electrons. The SMILES string of the molecule is c1ccc(-c2ccc(N(c3ccc(-c4ccccc4)cc3)c3ccc(-c4ccc(-c5ccccc5)cc4-c4ccccc4)cn3)cc2)cc1. The number of hydrogen-bond acceptors (Lipinski definition) is 2. The zero-order valence-electron chi connectivity index (χ0n) is 27.0. The fraction of sp³-hybridized carbons (Fsp3) is 0. The summed E-state index contributed by atoms with van der Waals surface area (Å²) in [6, 6.07) is 70.7. The van der Waals surface area contributed by atoms with Gasteiger partial charge in [-0.1, -0.05) is 158 Å². The van der Waals surface area contributed by atoms with E-state index < -0.39 is 0 Å². The van der Waals surface area contributed by atoms with E-state index in [1.54, 1.807) is 0 Å². The summed E-state index contributed by atoms with van der Waals surface area (Å²) in [5.41, 5.74) is 13.8. The van der Waals surface area contributed by atoms with E-state index in [-0.39, 0.29) is 0 Å². The van der Waals surface area contributed by atoms with Crippen LogP contribution in [0.5, 0.6) is 0 Å². The van der Waals surface area contributed by atoms with Gasteiger partial charge in [-0.05, 0) is 92.5 Å². The van der Waals surface area contributed by atoms with Crippen molar-refractivity contribution in [3.8, 4) is 55.6 Å². The summed E-state index contributed by atoms with van der Waals surface area (Å²) in [5, 5.41) is 0. The number of nitrogens with zero attached hydrogens (tertiary/aromatic N) is 2. The van der Waals surface area contributed by atoms with E-state index in [4.69, 9.17) is 4.98 Å². The third kappa shape index (κ3) is 6.41. The van der Waals surface area contributed by atoms with Crippen molar-refractivity contribution in [2.24, 2.45) is 0 Å². The Bertz CT molecular complexity index is 2180. The maximum absolute atomic E-state index is 5.11. The molecule has 0 saturated carbocycles. The molecule has 7 aromatic carbocycles. The highest BCUT2D eigenvalue weighted by atomic mass is 15.2. The summed E-state index contributed by atoms with van der Waals surface area (Å²) < 4.78 is 0. The highest BCUT2D eigenvalue weighted by Gasteiger charge is 2.16. The number of hydrogen-bond donors (Lipinski definition) is 0. The lowest BCUT2D eigenvalue weighted by atomic mass is 9.91. The van der Waals surface area contributed by atoms with Crippen molar-refractivity contribution < 1.29 is 0 Å². The van der Waals surface area contributed by atoms with Crippen LogP contribution >= 0.6 is 0 Å². The molecule has 0 bridgehead atoms. The molecular weight excluding hydrogens is 593 g/mol. The standard InChI is InChI=1S/C47H34N2/c1-5-13-35(14-6-1)38-21-27-43(28-22-38)49(44-29-23-39(24-30-44)36-15-7-2-8-16-36)47-32-26-42(34-48-47)45-31-25-41(37-17-9-3-10-18-37)33-46(45)40-19-11-4-12-20-40/h1-34H. The van der Waals surface area contributed by atoms with Gasteiger partial charge in [-0.25, -0.2) is 4.98 Å². The van der Waals surface area contributed by atoms with Gasteiger partial charge >= 0.3 is 0 Å². The zero-order chi connectivity index (χ0) is 32.8. The zero-order valence-corrected chi connectivity index (χ0v) is 27.0. The van der Waals surface area contributed by atoms with Crippen LogP contribution in [0.25, 0.3) is 55.6 Å². The van der Waals surface area contributed by atoms with Crippen molar-refractivity contribution in [1.82, 2.24) is 4.98 Å². The minimum atomic E-state index is 0.853. The molecule has 0 N–H and O–H groups in total. The van der Waals surface area contributed by atoms with Gasteiger partial charge in [0.15, 0.2) is 0 Å². The van der Waals surface area contributed by atoms with E-state index in [0.717, 1.165) is 28.3 Å². The van der Waals surface area contributed by atoms with Gasteiger partial charge in [-0.2, -0.15) is 0 Å². The summed E-state index contributed by atoms with van der Waals surface area (Å²) in [6.45, 7) is 0. The van der Waals surface area contributed by atoms with Crippen molar-refractivity contribution in [3.05, 3.63) is 206 Å². The first kappa shape index (κ1) is 29.9. The van der Waals surface area contributed by atoms with Crippen LogP contribution in [0.1, 0.15) is 0 Å². The normalized spacial score (nSPS) is 10.9. The van der Waals surface area contributed by atoms with Crippen molar-refractivity contribution in [2.75, 3.05) is 4.90 Å². The van der Waals surface area contributed by atoms with Crippen LogP contribution < -0.4 is 4.90 Å². The average Bonchev–Trinajstić information content (AvgIpc) is 3.20. The molecule has 49 heavy (non-hydrogen) atoms. The molecule has 232 valence electrons. The van der Waals surface area contributed by atoms with Crippen molar-refractivity contribution in [2.45, 2.75) is 0 Å². The first-order valence-electron chi connectivity index (χ1n) is 16.6. The second-order valence-corrected chi connectivity index (χ2v) is 12.1. The van der Waals surface area contributed by atoms with E-state index in [1.807, 2.05) is 6.20 Å². The van der Waals surface area contributed by atoms with Gasteiger partial charge in [0.2, 0.25) is 0 Å². The van der Waals surface area contributed by atoms with Crippen LogP contribution in [0.2, 0.25) is 0 Å². The molecule has 1 aromatic heterocycles. The van der Waals surface area contributed by atoms with E-state index in [1.165, 1.54) is 44.5 Å². The molecule has 0 spiro atoms. The largest absolute Gasteiger partial charge is 0.295 e. The molecule has 0 aliphatic carbocycles. The third-order valence-corrected chi connectivity index (χ3v) is 8.96. The second kappa shape index (κ2) is 13.7. The van der Waals surface area contributed by atoms with E-state index in [2.05, 4.69) is 205 Å². The summed E-state index contributed by atoms with van der Waals surface area (Å²) in [5.74, 6) is 0.853. The van der Waals surface area contributed by atoms with Gasteiger partial charge in [0.05, 0.1) is 0 Å². The fourth-order valence-corrected chi connectivity index (χ4v) is 6.42. The molecule has 0 atom stereocenters. The van der Waals surface area contributed by atoms with E-state index in [9.17, 15) is 0 Å². The first-order valence-corrected chi connectivity index (χ1v) is 16.6. The summed E-state index contributed by atoms with van der Waals surface area (Å²) >= 11 is 0. The Hall–Kier alpha value is -6.51. The van der Waals surface area contributed by atoms with Crippen LogP contribution in [-0.4, -0.2) is 4.98 Å². The maximum atomic E-state index is 5.11. The van der Waals surface area contributed by atoms with Crippen molar-refractivity contribution in [3.63, 3.8) is 0 Å². The number of aromatic nitrogens is 1. The molecular formula is C47H34N2. The van der Waals surface area contributed by atoms with Crippen molar-refractivity contribution in [1.29, 1.82) is 0 Å². The molecule has 1 heterocycles. The molecule has 2 nitrogen and oxygen atoms in total. The first-order chi connectivity index (χ1) is 24.3. The number of benzene rings is 7. The van der Waals surface area contributed by atoms with Gasteiger partial charge in [0.1, 0.15) is 5.82 Å². The highest BCUT2D eigenvalue weighted by molar-refractivity contribution is 5.88. The Morgan fingerprint density at radius 2 is 0.673 bits per heavy atom. The Labute approximate surface area is 288 Å². The predicted octanol–water partition coefficient (Wildman–Crippen LogP) is 12.9. The number of rotatable bonds is 8. The number of pyridine rings is 1. The quantitative estimate of drug-likeness (QED) is 0.167. The average molecular weight is 627 g/mol. The molecule has 0 unspecified atom stereocenters. The third-order valence-electron chi connectivity index (χ3n) is 8.96. The second-order valence-electron chi connectivity index (χ2n) is 12.1. The molecule has 0 aliphatic rings. The van der Waals surface area contributed by atoms with Gasteiger partial charge in [-0.3, -0.25) is 4.90 Å². The number of anilines is 3. The van der Waals surface area contributed by atoms with Crippen molar-refractivity contribution >= 4 is 17.2 Å². The lowest BCUT2D eigenvalue weighted by Crippen LogP contribution is -2.11. The minimum Gasteiger partial charge on any atom is -0.295 e. The topological polar surface area (TPSA) is 16.1 Å².